The molecule has 0 radical (unpaired) electrons. The second-order valence-electron chi connectivity index (χ2n) is 9.38. The molecular formula is C26H25N5O2S. The summed E-state index contributed by atoms with van der Waals surface area (Å²) in [5.41, 5.74) is 3.84. The molecule has 0 saturated heterocycles. The third-order valence-electron chi connectivity index (χ3n) is 5.82. The van der Waals surface area contributed by atoms with Crippen LogP contribution in [0.1, 0.15) is 31.9 Å². The summed E-state index contributed by atoms with van der Waals surface area (Å²) in [5, 5.41) is 12.2. The van der Waals surface area contributed by atoms with Crippen LogP contribution in [0.2, 0.25) is 0 Å². The van der Waals surface area contributed by atoms with Crippen LogP contribution in [0.25, 0.3) is 16.6 Å². The van der Waals surface area contributed by atoms with Crippen LogP contribution in [0, 0.1) is 6.92 Å². The molecule has 34 heavy (non-hydrogen) atoms. The summed E-state index contributed by atoms with van der Waals surface area (Å²) >= 11 is 0. The van der Waals surface area contributed by atoms with Crippen LogP contribution in [-0.2, 0) is 15.3 Å². The molecule has 172 valence electrons. The van der Waals surface area contributed by atoms with Crippen LogP contribution in [0.3, 0.4) is 0 Å². The number of fused-ring (bicyclic) bond motifs is 3. The molecule has 3 aromatic carbocycles. The van der Waals surface area contributed by atoms with E-state index >= 15 is 0 Å². The Morgan fingerprint density at radius 2 is 1.56 bits per heavy atom. The smallest absolute Gasteiger partial charge is 0.229 e. The zero-order valence-electron chi connectivity index (χ0n) is 19.4. The maximum atomic E-state index is 13.5. The van der Waals surface area contributed by atoms with Crippen molar-refractivity contribution in [1.29, 1.82) is 0 Å². The van der Waals surface area contributed by atoms with Gasteiger partial charge in [0, 0.05) is 11.1 Å². The van der Waals surface area contributed by atoms with Gasteiger partial charge >= 0.3 is 0 Å². The minimum Gasteiger partial charge on any atom is -0.340 e. The van der Waals surface area contributed by atoms with Gasteiger partial charge in [-0.05, 0) is 54.3 Å². The van der Waals surface area contributed by atoms with E-state index in [2.05, 4.69) is 41.4 Å². The van der Waals surface area contributed by atoms with E-state index in [0.29, 0.717) is 11.3 Å². The van der Waals surface area contributed by atoms with Gasteiger partial charge in [-0.2, -0.15) is 4.52 Å². The van der Waals surface area contributed by atoms with Gasteiger partial charge in [-0.3, -0.25) is 0 Å². The fourth-order valence-electron chi connectivity index (χ4n) is 3.83. The van der Waals surface area contributed by atoms with Crippen molar-refractivity contribution in [3.05, 3.63) is 83.9 Å². The van der Waals surface area contributed by atoms with Crippen LogP contribution in [0.15, 0.2) is 82.7 Å². The summed E-state index contributed by atoms with van der Waals surface area (Å²) in [5.74, 6) is 0.536. The van der Waals surface area contributed by atoms with Gasteiger partial charge in [0.2, 0.25) is 14.9 Å². The van der Waals surface area contributed by atoms with Crippen LogP contribution < -0.4 is 5.32 Å². The average molecular weight is 472 g/mol. The lowest BCUT2D eigenvalue weighted by molar-refractivity contribution is 0.585. The van der Waals surface area contributed by atoms with Crippen LogP contribution in [0.5, 0.6) is 0 Å². The van der Waals surface area contributed by atoms with Crippen LogP contribution in [-0.4, -0.2) is 28.2 Å². The molecule has 2 heterocycles. The number of benzene rings is 3. The highest BCUT2D eigenvalue weighted by atomic mass is 32.2. The topological polar surface area (TPSA) is 89.2 Å². The number of rotatable bonds is 4. The largest absolute Gasteiger partial charge is 0.340 e. The summed E-state index contributed by atoms with van der Waals surface area (Å²) in [6, 6.07) is 22.4. The Bertz CT molecular complexity index is 1620. The van der Waals surface area contributed by atoms with Crippen molar-refractivity contribution < 1.29 is 8.42 Å². The Morgan fingerprint density at radius 1 is 0.882 bits per heavy atom. The van der Waals surface area contributed by atoms with Gasteiger partial charge in [0.15, 0.2) is 5.65 Å². The number of nitrogens with one attached hydrogen (secondary N) is 1. The van der Waals surface area contributed by atoms with E-state index in [1.807, 2.05) is 67.6 Å². The molecule has 0 saturated carbocycles. The fraction of sp³-hybridized carbons (Fsp3) is 0.192. The Labute approximate surface area is 198 Å². The van der Waals surface area contributed by atoms with Crippen molar-refractivity contribution in [2.24, 2.45) is 0 Å². The van der Waals surface area contributed by atoms with E-state index < -0.39 is 9.84 Å². The third kappa shape index (κ3) is 3.80. The maximum Gasteiger partial charge on any atom is 0.229 e. The number of aryl methyl sites for hydroxylation is 1. The molecule has 0 spiro atoms. The highest BCUT2D eigenvalue weighted by molar-refractivity contribution is 7.91. The number of anilines is 2. The Morgan fingerprint density at radius 3 is 2.24 bits per heavy atom. The molecule has 7 nitrogen and oxygen atoms in total. The van der Waals surface area contributed by atoms with E-state index in [9.17, 15) is 8.42 Å². The molecule has 0 unspecified atom stereocenters. The summed E-state index contributed by atoms with van der Waals surface area (Å²) in [4.78, 5) is 4.84. The maximum absolute atomic E-state index is 13.5. The average Bonchev–Trinajstić information content (AvgIpc) is 3.25. The van der Waals surface area contributed by atoms with E-state index in [1.165, 1.54) is 4.52 Å². The normalized spacial score (nSPS) is 12.4. The highest BCUT2D eigenvalue weighted by Gasteiger charge is 2.27. The van der Waals surface area contributed by atoms with Gasteiger partial charge in [-0.25, -0.2) is 13.4 Å². The number of sulfone groups is 1. The summed E-state index contributed by atoms with van der Waals surface area (Å²) in [7, 11) is -3.93. The number of hydrogen-bond acceptors (Lipinski definition) is 6. The van der Waals surface area contributed by atoms with E-state index in [1.54, 1.807) is 12.1 Å². The molecular weight excluding hydrogens is 446 g/mol. The molecule has 0 aliphatic rings. The monoisotopic (exact) mass is 471 g/mol. The standard InChI is InChI=1S/C26H25N5O2S/c1-17-9-13-19(14-10-17)27-23-21-7-5-6-8-22(21)31-24(28-23)25(29-30-31)34(32,33)20-15-11-18(12-16-20)26(2,3)4/h5-16H,1-4H3,(H,27,28). The van der Waals surface area contributed by atoms with Crippen molar-refractivity contribution >= 4 is 37.9 Å². The fourth-order valence-corrected chi connectivity index (χ4v) is 5.07. The first kappa shape index (κ1) is 22.0. The molecule has 5 aromatic rings. The van der Waals surface area contributed by atoms with Crippen LogP contribution in [0.4, 0.5) is 11.5 Å². The second kappa shape index (κ2) is 7.92. The predicted molar refractivity (Wildman–Crippen MR) is 133 cm³/mol. The van der Waals surface area contributed by atoms with Gasteiger partial charge in [-0.15, -0.1) is 5.10 Å². The second-order valence-corrected chi connectivity index (χ2v) is 11.2. The summed E-state index contributed by atoms with van der Waals surface area (Å²) in [6.45, 7) is 8.27. The zero-order valence-corrected chi connectivity index (χ0v) is 20.3. The first-order valence-corrected chi connectivity index (χ1v) is 12.5. The molecule has 2 aromatic heterocycles. The SMILES string of the molecule is Cc1ccc(Nc2nc3c(S(=O)(=O)c4ccc(C(C)(C)C)cc4)nnn3c3ccccc23)cc1. The molecule has 8 heteroatoms. The molecule has 5 rings (SSSR count). The first-order valence-electron chi connectivity index (χ1n) is 11.0. The minimum atomic E-state index is -3.93. The van der Waals surface area contributed by atoms with Gasteiger partial charge in [0.05, 0.1) is 10.4 Å². The zero-order chi connectivity index (χ0) is 24.1. The van der Waals surface area contributed by atoms with Crippen molar-refractivity contribution in [1.82, 2.24) is 19.8 Å². The predicted octanol–water partition coefficient (Wildman–Crippen LogP) is 5.46. The third-order valence-corrected chi connectivity index (χ3v) is 7.49. The van der Waals surface area contributed by atoms with Crippen molar-refractivity contribution in [2.75, 3.05) is 5.32 Å². The lowest BCUT2D eigenvalue weighted by Crippen LogP contribution is -2.11. The Balaban J connectivity index is 1.67. The molecule has 0 atom stereocenters. The quantitative estimate of drug-likeness (QED) is 0.374. The number of para-hydroxylation sites is 1. The molecule has 0 aliphatic heterocycles. The molecule has 0 bridgehead atoms. The van der Waals surface area contributed by atoms with Crippen LogP contribution >= 0.6 is 0 Å². The molecule has 1 N–H and O–H groups in total. The number of hydrogen-bond donors (Lipinski definition) is 1. The van der Waals surface area contributed by atoms with Crippen molar-refractivity contribution in [2.45, 2.75) is 43.0 Å². The van der Waals surface area contributed by atoms with E-state index in [0.717, 1.165) is 22.2 Å². The Kier molecular flexibility index (Phi) is 5.13. The molecule has 0 fully saturated rings. The lowest BCUT2D eigenvalue weighted by Gasteiger charge is -2.19. The van der Waals surface area contributed by atoms with E-state index in [4.69, 9.17) is 0 Å². The molecule has 0 amide bonds. The number of aromatic nitrogens is 4. The van der Waals surface area contributed by atoms with Crippen molar-refractivity contribution in [3.63, 3.8) is 0 Å². The highest BCUT2D eigenvalue weighted by Crippen LogP contribution is 2.30. The van der Waals surface area contributed by atoms with Gasteiger partial charge in [-0.1, -0.05) is 67.9 Å². The van der Waals surface area contributed by atoms with Crippen molar-refractivity contribution in [3.8, 4) is 0 Å². The van der Waals surface area contributed by atoms with Gasteiger partial charge < -0.3 is 5.32 Å². The summed E-state index contributed by atoms with van der Waals surface area (Å²) < 4.78 is 28.6. The van der Waals surface area contributed by atoms with E-state index in [-0.39, 0.29) is 21.0 Å². The lowest BCUT2D eigenvalue weighted by atomic mass is 9.87. The minimum absolute atomic E-state index is 0.0814. The molecule has 0 aliphatic carbocycles. The summed E-state index contributed by atoms with van der Waals surface area (Å²) in [6.07, 6.45) is 0. The Hall–Kier alpha value is -3.78. The van der Waals surface area contributed by atoms with Gasteiger partial charge in [0.25, 0.3) is 0 Å². The number of nitrogens with zero attached hydrogens (tertiary/aromatic N) is 4. The van der Waals surface area contributed by atoms with Gasteiger partial charge in [0.1, 0.15) is 5.82 Å². The first-order chi connectivity index (χ1) is 16.1.